The van der Waals surface area contributed by atoms with Crippen LogP contribution in [0.5, 0.6) is 0 Å². The van der Waals surface area contributed by atoms with Gasteiger partial charge in [-0.15, -0.1) is 11.6 Å². The topological polar surface area (TPSA) is 20.2 Å². The minimum atomic E-state index is -0.392. The second-order valence-electron chi connectivity index (χ2n) is 2.14. The zero-order chi connectivity index (χ0) is 7.40. The molecule has 0 amide bonds. The van der Waals surface area contributed by atoms with E-state index in [4.69, 9.17) is 16.7 Å². The lowest BCUT2D eigenvalue weighted by molar-refractivity contribution is 0.199. The summed E-state index contributed by atoms with van der Waals surface area (Å²) in [4.78, 5) is 0. The summed E-state index contributed by atoms with van der Waals surface area (Å²) in [6.07, 6.45) is 0.281. The fourth-order valence-electron chi connectivity index (χ4n) is 0.735. The van der Waals surface area contributed by atoms with E-state index in [2.05, 4.69) is 0 Å². The zero-order valence-electron chi connectivity index (χ0n) is 5.46. The van der Waals surface area contributed by atoms with Crippen molar-refractivity contribution in [2.45, 2.75) is 12.5 Å². The Hall–Kier alpha value is -0.0500. The molecule has 10 heavy (non-hydrogen) atoms. The average molecular weight is 177 g/mol. The maximum Gasteiger partial charge on any atom is 0.0716 e. The van der Waals surface area contributed by atoms with Crippen LogP contribution in [0, 0.1) is 0 Å². The van der Waals surface area contributed by atoms with Crippen LogP contribution in [0.3, 0.4) is 0 Å². The van der Waals surface area contributed by atoms with Crippen molar-refractivity contribution in [2.75, 3.05) is 5.88 Å². The second-order valence-corrected chi connectivity index (χ2v) is 3.23. The molecule has 1 unspecified atom stereocenters. The fraction of sp³-hybridized carbons (Fsp3) is 0.429. The molecule has 3 heteroatoms. The first-order valence-electron chi connectivity index (χ1n) is 3.08. The number of hydrogen-bond donors (Lipinski definition) is 1. The summed E-state index contributed by atoms with van der Waals surface area (Å²) >= 11 is 7.06. The van der Waals surface area contributed by atoms with E-state index >= 15 is 0 Å². The molecule has 1 rings (SSSR count). The SMILES string of the molecule is OC(CCl)Cc1ccsc1. The Balaban J connectivity index is 2.40. The van der Waals surface area contributed by atoms with Crippen molar-refractivity contribution in [3.8, 4) is 0 Å². The Labute approximate surface area is 69.3 Å². The third-order valence-corrected chi connectivity index (χ3v) is 2.32. The molecule has 1 atom stereocenters. The molecule has 0 aliphatic rings. The first-order valence-corrected chi connectivity index (χ1v) is 4.55. The Morgan fingerprint density at radius 1 is 1.70 bits per heavy atom. The van der Waals surface area contributed by atoms with Crippen LogP contribution in [-0.2, 0) is 6.42 Å². The number of aliphatic hydroxyl groups is 1. The summed E-state index contributed by atoms with van der Waals surface area (Å²) in [6.45, 7) is 0. The Morgan fingerprint density at radius 3 is 3.00 bits per heavy atom. The van der Waals surface area contributed by atoms with Gasteiger partial charge < -0.3 is 5.11 Å². The molecule has 0 radical (unpaired) electrons. The molecular weight excluding hydrogens is 168 g/mol. The van der Waals surface area contributed by atoms with Gasteiger partial charge in [0.25, 0.3) is 0 Å². The van der Waals surface area contributed by atoms with Gasteiger partial charge in [0.2, 0.25) is 0 Å². The number of rotatable bonds is 3. The standard InChI is InChI=1S/C7H9ClOS/c8-4-7(9)3-6-1-2-10-5-6/h1-2,5,7,9H,3-4H2. The van der Waals surface area contributed by atoms with Crippen LogP contribution in [0.15, 0.2) is 16.8 Å². The van der Waals surface area contributed by atoms with Crippen LogP contribution >= 0.6 is 22.9 Å². The predicted molar refractivity (Wildman–Crippen MR) is 44.7 cm³/mol. The van der Waals surface area contributed by atoms with Crippen molar-refractivity contribution >= 4 is 22.9 Å². The lowest BCUT2D eigenvalue weighted by Gasteiger charge is -2.02. The third kappa shape index (κ3) is 2.29. The van der Waals surface area contributed by atoms with E-state index in [0.29, 0.717) is 12.3 Å². The third-order valence-electron chi connectivity index (χ3n) is 1.23. The summed E-state index contributed by atoms with van der Waals surface area (Å²) < 4.78 is 0. The van der Waals surface area contributed by atoms with E-state index in [1.54, 1.807) is 11.3 Å². The summed E-state index contributed by atoms with van der Waals surface area (Å²) in [5.41, 5.74) is 1.16. The van der Waals surface area contributed by atoms with Crippen LogP contribution < -0.4 is 0 Å². The van der Waals surface area contributed by atoms with Gasteiger partial charge in [-0.3, -0.25) is 0 Å². The lowest BCUT2D eigenvalue weighted by Crippen LogP contribution is -2.10. The Morgan fingerprint density at radius 2 is 2.50 bits per heavy atom. The van der Waals surface area contributed by atoms with E-state index < -0.39 is 6.10 Å². The van der Waals surface area contributed by atoms with E-state index in [9.17, 15) is 0 Å². The van der Waals surface area contributed by atoms with Gasteiger partial charge in [0.05, 0.1) is 6.10 Å². The number of alkyl halides is 1. The second kappa shape index (κ2) is 3.96. The average Bonchev–Trinajstić information content (AvgIpc) is 2.40. The van der Waals surface area contributed by atoms with Crippen LogP contribution in [0.25, 0.3) is 0 Å². The molecule has 0 aliphatic carbocycles. The highest BCUT2D eigenvalue weighted by molar-refractivity contribution is 7.07. The van der Waals surface area contributed by atoms with Gasteiger partial charge in [-0.05, 0) is 22.4 Å². The van der Waals surface area contributed by atoms with Gasteiger partial charge >= 0.3 is 0 Å². The molecule has 0 saturated heterocycles. The molecule has 1 nitrogen and oxygen atoms in total. The summed E-state index contributed by atoms with van der Waals surface area (Å²) in [5, 5.41) is 13.1. The predicted octanol–water partition coefficient (Wildman–Crippen LogP) is 1.89. The molecule has 0 fully saturated rings. The minimum Gasteiger partial charge on any atom is -0.392 e. The normalized spacial score (nSPS) is 13.4. The quantitative estimate of drug-likeness (QED) is 0.698. The maximum absolute atomic E-state index is 9.10. The van der Waals surface area contributed by atoms with E-state index in [0.717, 1.165) is 5.56 Å². The van der Waals surface area contributed by atoms with E-state index in [1.807, 2.05) is 16.8 Å². The summed E-state index contributed by atoms with van der Waals surface area (Å²) in [7, 11) is 0. The van der Waals surface area contributed by atoms with Gasteiger partial charge in [-0.2, -0.15) is 11.3 Å². The fourth-order valence-corrected chi connectivity index (χ4v) is 1.53. The Bertz CT molecular complexity index is 174. The number of halogens is 1. The van der Waals surface area contributed by atoms with Gasteiger partial charge in [-0.25, -0.2) is 0 Å². The van der Waals surface area contributed by atoms with Crippen molar-refractivity contribution in [3.05, 3.63) is 22.4 Å². The first-order chi connectivity index (χ1) is 4.83. The van der Waals surface area contributed by atoms with Crippen molar-refractivity contribution in [1.82, 2.24) is 0 Å². The number of aliphatic hydroxyl groups excluding tert-OH is 1. The highest BCUT2D eigenvalue weighted by Gasteiger charge is 2.02. The monoisotopic (exact) mass is 176 g/mol. The molecule has 0 saturated carbocycles. The van der Waals surface area contributed by atoms with Crippen LogP contribution in [-0.4, -0.2) is 17.1 Å². The van der Waals surface area contributed by atoms with Gasteiger partial charge in [0.15, 0.2) is 0 Å². The Kier molecular flexibility index (Phi) is 3.19. The zero-order valence-corrected chi connectivity index (χ0v) is 7.03. The molecule has 56 valence electrons. The molecule has 0 aliphatic heterocycles. The van der Waals surface area contributed by atoms with Gasteiger partial charge in [-0.1, -0.05) is 0 Å². The maximum atomic E-state index is 9.10. The number of thiophene rings is 1. The molecule has 1 N–H and O–H groups in total. The molecular formula is C7H9ClOS. The number of hydrogen-bond acceptors (Lipinski definition) is 2. The smallest absolute Gasteiger partial charge is 0.0716 e. The van der Waals surface area contributed by atoms with E-state index in [-0.39, 0.29) is 0 Å². The van der Waals surface area contributed by atoms with Crippen LogP contribution in [0.2, 0.25) is 0 Å². The molecule has 0 spiro atoms. The van der Waals surface area contributed by atoms with Gasteiger partial charge in [0.1, 0.15) is 0 Å². The van der Waals surface area contributed by atoms with Crippen LogP contribution in [0.1, 0.15) is 5.56 Å². The molecule has 0 bridgehead atoms. The largest absolute Gasteiger partial charge is 0.392 e. The highest BCUT2D eigenvalue weighted by atomic mass is 35.5. The van der Waals surface area contributed by atoms with Gasteiger partial charge in [0, 0.05) is 12.3 Å². The van der Waals surface area contributed by atoms with E-state index in [1.165, 1.54) is 0 Å². The highest BCUT2D eigenvalue weighted by Crippen LogP contribution is 2.08. The molecule has 0 aromatic carbocycles. The summed E-state index contributed by atoms with van der Waals surface area (Å²) in [6, 6.07) is 2.00. The molecule has 1 aromatic heterocycles. The minimum absolute atomic E-state index is 0.315. The van der Waals surface area contributed by atoms with Crippen molar-refractivity contribution in [2.24, 2.45) is 0 Å². The first kappa shape index (κ1) is 8.05. The van der Waals surface area contributed by atoms with Crippen molar-refractivity contribution in [3.63, 3.8) is 0 Å². The van der Waals surface area contributed by atoms with Crippen molar-refractivity contribution < 1.29 is 5.11 Å². The summed E-state index contributed by atoms with van der Waals surface area (Å²) in [5.74, 6) is 0.315. The van der Waals surface area contributed by atoms with Crippen LogP contribution in [0.4, 0.5) is 0 Å². The molecule has 1 aromatic rings. The lowest BCUT2D eigenvalue weighted by atomic mass is 10.2. The van der Waals surface area contributed by atoms with Crippen molar-refractivity contribution in [1.29, 1.82) is 0 Å². The molecule has 1 heterocycles.